The van der Waals surface area contributed by atoms with E-state index in [2.05, 4.69) is 32.8 Å². The van der Waals surface area contributed by atoms with Gasteiger partial charge in [0.2, 0.25) is 0 Å². The molecule has 1 unspecified atom stereocenters. The first-order valence-electron chi connectivity index (χ1n) is 9.48. The van der Waals surface area contributed by atoms with Gasteiger partial charge in [-0.25, -0.2) is 0 Å². The van der Waals surface area contributed by atoms with Crippen LogP contribution in [0.25, 0.3) is 0 Å². The van der Waals surface area contributed by atoms with Crippen molar-refractivity contribution in [1.29, 1.82) is 0 Å². The zero-order valence-electron chi connectivity index (χ0n) is 16.5. The van der Waals surface area contributed by atoms with E-state index in [0.29, 0.717) is 36.3 Å². The Bertz CT molecular complexity index is 609. The van der Waals surface area contributed by atoms with Crippen LogP contribution in [0.1, 0.15) is 24.2 Å². The summed E-state index contributed by atoms with van der Waals surface area (Å²) in [5, 5.41) is 9.99. The van der Waals surface area contributed by atoms with Crippen LogP contribution in [0, 0.1) is 0 Å². The van der Waals surface area contributed by atoms with Crippen LogP contribution in [0.4, 0.5) is 0 Å². The number of carbonyl (C=O) groups is 1. The quantitative estimate of drug-likeness (QED) is 0.210. The molecule has 0 radical (unpaired) electrons. The summed E-state index contributed by atoms with van der Waals surface area (Å²) in [4.78, 5) is 19.1. The molecule has 1 amide bonds. The number of halogens is 2. The van der Waals surface area contributed by atoms with Crippen molar-refractivity contribution in [3.63, 3.8) is 0 Å². The molecule has 1 aromatic rings. The van der Waals surface area contributed by atoms with E-state index in [1.165, 1.54) is 0 Å². The van der Waals surface area contributed by atoms with E-state index < -0.39 is 0 Å². The number of amides is 1. The molecule has 1 aliphatic rings. The Morgan fingerprint density at radius 3 is 2.46 bits per heavy atom. The Labute approximate surface area is 189 Å². The first-order chi connectivity index (χ1) is 13.1. The zero-order valence-corrected chi connectivity index (χ0v) is 19.6. The average molecular weight is 524 g/mol. The van der Waals surface area contributed by atoms with Gasteiger partial charge in [-0.15, -0.1) is 24.0 Å². The Kier molecular flexibility index (Phi) is 12.4. The lowest BCUT2D eigenvalue weighted by Crippen LogP contribution is -2.45. The minimum atomic E-state index is -0.114. The summed E-state index contributed by atoms with van der Waals surface area (Å²) in [6.45, 7) is 10.3. The number of ether oxygens (including phenoxy) is 1. The Morgan fingerprint density at radius 1 is 1.18 bits per heavy atom. The molecule has 9 heteroatoms. The molecular weight excluding hydrogens is 493 g/mol. The predicted octanol–water partition coefficient (Wildman–Crippen LogP) is 1.96. The SMILES string of the molecule is CCNC(=NCC(C)N1CCOCC1)NCCNC(=O)c1ccc(Cl)cc1.I. The molecule has 1 heterocycles. The molecule has 7 nitrogen and oxygen atoms in total. The lowest BCUT2D eigenvalue weighted by Gasteiger charge is -2.31. The third kappa shape index (κ3) is 8.93. The third-order valence-corrected chi connectivity index (χ3v) is 4.59. The highest BCUT2D eigenvalue weighted by Crippen LogP contribution is 2.09. The molecule has 0 spiro atoms. The fourth-order valence-electron chi connectivity index (χ4n) is 2.76. The summed E-state index contributed by atoms with van der Waals surface area (Å²) < 4.78 is 5.39. The number of hydrogen-bond acceptors (Lipinski definition) is 4. The summed E-state index contributed by atoms with van der Waals surface area (Å²) in [6, 6.07) is 7.21. The van der Waals surface area contributed by atoms with Crippen molar-refractivity contribution in [1.82, 2.24) is 20.9 Å². The Morgan fingerprint density at radius 2 is 1.82 bits per heavy atom. The van der Waals surface area contributed by atoms with Crippen LogP contribution >= 0.6 is 35.6 Å². The maximum atomic E-state index is 12.1. The number of morpholine rings is 1. The van der Waals surface area contributed by atoms with Gasteiger partial charge in [-0.1, -0.05) is 11.6 Å². The van der Waals surface area contributed by atoms with Crippen LogP contribution in [-0.4, -0.2) is 75.3 Å². The molecule has 1 saturated heterocycles. The van der Waals surface area contributed by atoms with Gasteiger partial charge in [0.05, 0.1) is 19.8 Å². The van der Waals surface area contributed by atoms with Gasteiger partial charge in [-0.2, -0.15) is 0 Å². The number of nitrogens with zero attached hydrogens (tertiary/aromatic N) is 2. The fraction of sp³-hybridized carbons (Fsp3) is 0.579. The van der Waals surface area contributed by atoms with Gasteiger partial charge in [0.15, 0.2) is 5.96 Å². The second kappa shape index (κ2) is 14.0. The summed E-state index contributed by atoms with van der Waals surface area (Å²) in [6.07, 6.45) is 0. The topological polar surface area (TPSA) is 78.0 Å². The molecular formula is C19H31ClIN5O2. The lowest BCUT2D eigenvalue weighted by molar-refractivity contribution is 0.0220. The van der Waals surface area contributed by atoms with Crippen LogP contribution in [0.5, 0.6) is 0 Å². The van der Waals surface area contributed by atoms with Gasteiger partial charge in [0.1, 0.15) is 0 Å². The predicted molar refractivity (Wildman–Crippen MR) is 125 cm³/mol. The van der Waals surface area contributed by atoms with Crippen LogP contribution in [0.2, 0.25) is 5.02 Å². The van der Waals surface area contributed by atoms with Crippen molar-refractivity contribution in [2.24, 2.45) is 4.99 Å². The smallest absolute Gasteiger partial charge is 0.251 e. The molecule has 1 aliphatic heterocycles. The van der Waals surface area contributed by atoms with Crippen LogP contribution in [0.3, 0.4) is 0 Å². The van der Waals surface area contributed by atoms with Crippen molar-refractivity contribution in [3.8, 4) is 0 Å². The van der Waals surface area contributed by atoms with Crippen molar-refractivity contribution < 1.29 is 9.53 Å². The number of hydrogen-bond donors (Lipinski definition) is 3. The molecule has 0 bridgehead atoms. The lowest BCUT2D eigenvalue weighted by atomic mass is 10.2. The monoisotopic (exact) mass is 523 g/mol. The zero-order chi connectivity index (χ0) is 19.5. The number of aliphatic imine (C=N–C) groups is 1. The molecule has 28 heavy (non-hydrogen) atoms. The Hall–Kier alpha value is -1.10. The van der Waals surface area contributed by atoms with E-state index in [9.17, 15) is 4.79 Å². The van der Waals surface area contributed by atoms with Crippen LogP contribution in [0.15, 0.2) is 29.3 Å². The van der Waals surface area contributed by atoms with Gasteiger partial charge in [0.25, 0.3) is 5.91 Å². The van der Waals surface area contributed by atoms with Gasteiger partial charge in [0, 0.05) is 49.4 Å². The molecule has 1 aromatic carbocycles. The third-order valence-electron chi connectivity index (χ3n) is 4.34. The number of rotatable bonds is 8. The standard InChI is InChI=1S/C19H30ClN5O2.HI/c1-3-21-19(24-14-15(2)25-10-12-27-13-11-25)23-9-8-22-18(26)16-4-6-17(20)7-5-16;/h4-7,15H,3,8-14H2,1-2H3,(H,22,26)(H2,21,23,24);1H. The van der Waals surface area contributed by atoms with Crippen LogP contribution in [-0.2, 0) is 4.74 Å². The van der Waals surface area contributed by atoms with Crippen molar-refractivity contribution in [2.45, 2.75) is 19.9 Å². The number of guanidine groups is 1. The fourth-order valence-corrected chi connectivity index (χ4v) is 2.89. The van der Waals surface area contributed by atoms with E-state index in [0.717, 1.165) is 38.8 Å². The maximum Gasteiger partial charge on any atom is 0.251 e. The molecule has 0 aliphatic carbocycles. The number of benzene rings is 1. The highest BCUT2D eigenvalue weighted by molar-refractivity contribution is 14.0. The van der Waals surface area contributed by atoms with Gasteiger partial charge in [-0.05, 0) is 38.1 Å². The minimum absolute atomic E-state index is 0. The molecule has 3 N–H and O–H groups in total. The van der Waals surface area contributed by atoms with E-state index in [1.54, 1.807) is 24.3 Å². The largest absolute Gasteiger partial charge is 0.379 e. The van der Waals surface area contributed by atoms with Gasteiger partial charge in [-0.3, -0.25) is 14.7 Å². The van der Waals surface area contributed by atoms with Crippen molar-refractivity contribution in [3.05, 3.63) is 34.9 Å². The van der Waals surface area contributed by atoms with Crippen molar-refractivity contribution >= 4 is 47.4 Å². The summed E-state index contributed by atoms with van der Waals surface area (Å²) in [7, 11) is 0. The van der Waals surface area contributed by atoms with Gasteiger partial charge >= 0.3 is 0 Å². The normalized spacial score (nSPS) is 16.0. The maximum absolute atomic E-state index is 12.1. The minimum Gasteiger partial charge on any atom is -0.379 e. The molecule has 0 aromatic heterocycles. The number of nitrogens with one attached hydrogen (secondary N) is 3. The first kappa shape index (κ1) is 24.9. The second-order valence-corrected chi connectivity index (χ2v) is 6.84. The number of carbonyl (C=O) groups excluding carboxylic acids is 1. The first-order valence-corrected chi connectivity index (χ1v) is 9.85. The molecule has 1 atom stereocenters. The molecule has 158 valence electrons. The van der Waals surface area contributed by atoms with E-state index in [4.69, 9.17) is 16.3 Å². The molecule has 0 saturated carbocycles. The molecule has 1 fully saturated rings. The average Bonchev–Trinajstić information content (AvgIpc) is 2.70. The van der Waals surface area contributed by atoms with Crippen molar-refractivity contribution in [2.75, 3.05) is 52.5 Å². The Balaban J connectivity index is 0.00000392. The highest BCUT2D eigenvalue weighted by atomic mass is 127. The highest BCUT2D eigenvalue weighted by Gasteiger charge is 2.16. The summed E-state index contributed by atoms with van der Waals surface area (Å²) in [5.41, 5.74) is 0.597. The van der Waals surface area contributed by atoms with E-state index in [-0.39, 0.29) is 29.9 Å². The summed E-state index contributed by atoms with van der Waals surface area (Å²) >= 11 is 5.84. The molecule has 2 rings (SSSR count). The van der Waals surface area contributed by atoms with E-state index >= 15 is 0 Å². The van der Waals surface area contributed by atoms with Gasteiger partial charge < -0.3 is 20.7 Å². The summed E-state index contributed by atoms with van der Waals surface area (Å²) in [5.74, 6) is 0.648. The van der Waals surface area contributed by atoms with E-state index in [1.807, 2.05) is 6.92 Å². The second-order valence-electron chi connectivity index (χ2n) is 6.41. The van der Waals surface area contributed by atoms with Crippen LogP contribution < -0.4 is 16.0 Å².